The van der Waals surface area contributed by atoms with Gasteiger partial charge >= 0.3 is 0 Å². The minimum absolute atomic E-state index is 0.829. The van der Waals surface area contributed by atoms with Crippen molar-refractivity contribution < 1.29 is 0 Å². The average Bonchev–Trinajstić information content (AvgIpc) is 2.78. The average molecular weight is 193 g/mol. The summed E-state index contributed by atoms with van der Waals surface area (Å²) in [5, 5.41) is 0. The number of hydrogen-bond acceptors (Lipinski definition) is 1. The largest absolute Gasteiger partial charge is 0.288 e. The summed E-state index contributed by atoms with van der Waals surface area (Å²) in [5.41, 5.74) is 5.16. The van der Waals surface area contributed by atoms with E-state index in [9.17, 15) is 0 Å². The molecule has 0 atom stereocenters. The van der Waals surface area contributed by atoms with Crippen molar-refractivity contribution in [1.29, 1.82) is 0 Å². The maximum absolute atomic E-state index is 4.31. The quantitative estimate of drug-likeness (QED) is 0.659. The van der Waals surface area contributed by atoms with Gasteiger partial charge in [0.25, 0.3) is 0 Å². The molecule has 1 heterocycles. The van der Waals surface area contributed by atoms with Gasteiger partial charge in [0.05, 0.1) is 6.54 Å². The SMILES string of the molecule is C1=NCc2cccc(-c3ccccc3)c21. The molecule has 1 heteroatoms. The number of hydrogen-bond donors (Lipinski definition) is 0. The summed E-state index contributed by atoms with van der Waals surface area (Å²) in [6.45, 7) is 0.829. The van der Waals surface area contributed by atoms with Gasteiger partial charge in [0.15, 0.2) is 0 Å². The molecule has 0 saturated carbocycles. The zero-order chi connectivity index (χ0) is 10.1. The van der Waals surface area contributed by atoms with E-state index in [0.29, 0.717) is 0 Å². The summed E-state index contributed by atoms with van der Waals surface area (Å²) >= 11 is 0. The predicted octanol–water partition coefficient (Wildman–Crippen LogP) is 3.29. The highest BCUT2D eigenvalue weighted by atomic mass is 14.7. The molecule has 1 aliphatic heterocycles. The van der Waals surface area contributed by atoms with Gasteiger partial charge in [-0.3, -0.25) is 4.99 Å². The molecule has 0 aliphatic carbocycles. The zero-order valence-corrected chi connectivity index (χ0v) is 8.35. The van der Waals surface area contributed by atoms with Gasteiger partial charge in [0, 0.05) is 11.8 Å². The van der Waals surface area contributed by atoms with Crippen molar-refractivity contribution in [3.63, 3.8) is 0 Å². The topological polar surface area (TPSA) is 12.4 Å². The highest BCUT2D eigenvalue weighted by Crippen LogP contribution is 2.27. The lowest BCUT2D eigenvalue weighted by Crippen LogP contribution is -1.88. The van der Waals surface area contributed by atoms with Gasteiger partial charge in [-0.1, -0.05) is 48.5 Å². The lowest BCUT2D eigenvalue weighted by molar-refractivity contribution is 1.11. The number of nitrogens with zero attached hydrogens (tertiary/aromatic N) is 1. The second-order valence-electron chi connectivity index (χ2n) is 3.71. The first-order chi connectivity index (χ1) is 7.45. The summed E-state index contributed by atoms with van der Waals surface area (Å²) in [6, 6.07) is 16.9. The Bertz CT molecular complexity index is 512. The molecular formula is C14H11N. The van der Waals surface area contributed by atoms with Crippen molar-refractivity contribution in [1.82, 2.24) is 0 Å². The molecule has 15 heavy (non-hydrogen) atoms. The van der Waals surface area contributed by atoms with Crippen molar-refractivity contribution in [2.24, 2.45) is 4.99 Å². The first kappa shape index (κ1) is 8.42. The molecule has 1 aliphatic rings. The van der Waals surface area contributed by atoms with Crippen LogP contribution in [0.3, 0.4) is 0 Å². The van der Waals surface area contributed by atoms with Crippen LogP contribution in [0, 0.1) is 0 Å². The fourth-order valence-electron chi connectivity index (χ4n) is 2.01. The van der Waals surface area contributed by atoms with Crippen molar-refractivity contribution in [3.05, 3.63) is 59.7 Å². The molecule has 0 radical (unpaired) electrons. The minimum atomic E-state index is 0.829. The molecule has 0 saturated heterocycles. The first-order valence-electron chi connectivity index (χ1n) is 5.12. The third kappa shape index (κ3) is 1.37. The van der Waals surface area contributed by atoms with Gasteiger partial charge < -0.3 is 0 Å². The van der Waals surface area contributed by atoms with Crippen molar-refractivity contribution >= 4 is 6.21 Å². The lowest BCUT2D eigenvalue weighted by Gasteiger charge is -2.06. The maximum Gasteiger partial charge on any atom is 0.0646 e. The van der Waals surface area contributed by atoms with Crippen molar-refractivity contribution in [3.8, 4) is 11.1 Å². The van der Waals surface area contributed by atoms with E-state index >= 15 is 0 Å². The fourth-order valence-corrected chi connectivity index (χ4v) is 2.01. The van der Waals surface area contributed by atoms with E-state index in [-0.39, 0.29) is 0 Å². The summed E-state index contributed by atoms with van der Waals surface area (Å²) in [6.07, 6.45) is 1.98. The minimum Gasteiger partial charge on any atom is -0.288 e. The third-order valence-electron chi connectivity index (χ3n) is 2.76. The lowest BCUT2D eigenvalue weighted by atomic mass is 9.97. The van der Waals surface area contributed by atoms with Crippen LogP contribution in [0.1, 0.15) is 11.1 Å². The van der Waals surface area contributed by atoms with Gasteiger partial charge in [0.2, 0.25) is 0 Å². The Balaban J connectivity index is 2.21. The normalized spacial score (nSPS) is 12.8. The molecule has 0 bridgehead atoms. The Morgan fingerprint density at radius 3 is 2.60 bits per heavy atom. The number of fused-ring (bicyclic) bond motifs is 1. The van der Waals surface area contributed by atoms with Crippen LogP contribution < -0.4 is 0 Å². The summed E-state index contributed by atoms with van der Waals surface area (Å²) in [4.78, 5) is 4.31. The van der Waals surface area contributed by atoms with E-state index in [1.807, 2.05) is 12.3 Å². The van der Waals surface area contributed by atoms with Crippen molar-refractivity contribution in [2.75, 3.05) is 0 Å². The van der Waals surface area contributed by atoms with Crippen LogP contribution in [-0.2, 0) is 6.54 Å². The van der Waals surface area contributed by atoms with Gasteiger partial charge in [-0.2, -0.15) is 0 Å². The van der Waals surface area contributed by atoms with Crippen LogP contribution in [0.5, 0.6) is 0 Å². The summed E-state index contributed by atoms with van der Waals surface area (Å²) in [7, 11) is 0. The molecule has 2 aromatic rings. The van der Waals surface area contributed by atoms with Crippen LogP contribution in [0.25, 0.3) is 11.1 Å². The fraction of sp³-hybridized carbons (Fsp3) is 0.0714. The molecule has 0 amide bonds. The molecule has 0 aromatic heterocycles. The second-order valence-corrected chi connectivity index (χ2v) is 3.71. The van der Waals surface area contributed by atoms with Crippen LogP contribution in [-0.4, -0.2) is 6.21 Å². The van der Waals surface area contributed by atoms with E-state index in [2.05, 4.69) is 47.5 Å². The van der Waals surface area contributed by atoms with E-state index in [0.717, 1.165) is 6.54 Å². The van der Waals surface area contributed by atoms with Gasteiger partial charge in [-0.25, -0.2) is 0 Å². The van der Waals surface area contributed by atoms with Crippen LogP contribution in [0.2, 0.25) is 0 Å². The molecule has 0 unspecified atom stereocenters. The Kier molecular flexibility index (Phi) is 1.88. The zero-order valence-electron chi connectivity index (χ0n) is 8.35. The van der Waals surface area contributed by atoms with Crippen molar-refractivity contribution in [2.45, 2.75) is 6.54 Å². The van der Waals surface area contributed by atoms with Gasteiger partial charge in [0.1, 0.15) is 0 Å². The number of rotatable bonds is 1. The van der Waals surface area contributed by atoms with E-state index in [1.165, 1.54) is 22.3 Å². The Morgan fingerprint density at radius 1 is 0.867 bits per heavy atom. The Hall–Kier alpha value is -1.89. The molecule has 1 nitrogen and oxygen atoms in total. The molecular weight excluding hydrogens is 182 g/mol. The molecule has 2 aromatic carbocycles. The van der Waals surface area contributed by atoms with Crippen LogP contribution in [0.4, 0.5) is 0 Å². The number of benzene rings is 2. The second kappa shape index (κ2) is 3.35. The Morgan fingerprint density at radius 2 is 1.73 bits per heavy atom. The molecule has 0 N–H and O–H groups in total. The highest BCUT2D eigenvalue weighted by molar-refractivity contribution is 5.93. The smallest absolute Gasteiger partial charge is 0.0646 e. The van der Waals surface area contributed by atoms with Gasteiger partial charge in [-0.05, 0) is 16.7 Å². The van der Waals surface area contributed by atoms with Crippen LogP contribution >= 0.6 is 0 Å². The standard InChI is InChI=1S/C14H11N/c1-2-5-11(6-3-1)13-8-4-7-12-9-15-10-14(12)13/h1-8,10H,9H2. The molecule has 0 fully saturated rings. The molecule has 3 rings (SSSR count). The highest BCUT2D eigenvalue weighted by Gasteiger charge is 2.10. The first-order valence-corrected chi connectivity index (χ1v) is 5.12. The summed E-state index contributed by atoms with van der Waals surface area (Å²) in [5.74, 6) is 0. The van der Waals surface area contributed by atoms with Gasteiger partial charge in [-0.15, -0.1) is 0 Å². The maximum atomic E-state index is 4.31. The van der Waals surface area contributed by atoms with Crippen LogP contribution in [0.15, 0.2) is 53.5 Å². The van der Waals surface area contributed by atoms with E-state index in [4.69, 9.17) is 0 Å². The monoisotopic (exact) mass is 193 g/mol. The predicted molar refractivity (Wildman–Crippen MR) is 63.2 cm³/mol. The summed E-state index contributed by atoms with van der Waals surface area (Å²) < 4.78 is 0. The number of aliphatic imine (C=N–C) groups is 1. The van der Waals surface area contributed by atoms with E-state index in [1.54, 1.807) is 0 Å². The molecule has 0 spiro atoms. The third-order valence-corrected chi connectivity index (χ3v) is 2.76. The molecule has 72 valence electrons. The van der Waals surface area contributed by atoms with E-state index < -0.39 is 0 Å². The Labute approximate surface area is 89.1 Å².